The number of fused-ring (bicyclic) bond motifs is 5. The van der Waals surface area contributed by atoms with Crippen LogP contribution in [0.4, 0.5) is 23.7 Å². The van der Waals surface area contributed by atoms with Crippen molar-refractivity contribution in [3.8, 4) is 6.07 Å². The first-order chi connectivity index (χ1) is 17.9. The van der Waals surface area contributed by atoms with E-state index in [9.17, 15) is 27.6 Å². The molecule has 0 aliphatic carbocycles. The predicted octanol–water partition coefficient (Wildman–Crippen LogP) is 2.06. The van der Waals surface area contributed by atoms with Crippen LogP contribution in [0.2, 0.25) is 0 Å². The van der Waals surface area contributed by atoms with Crippen LogP contribution >= 0.6 is 0 Å². The molecule has 0 spiro atoms. The Morgan fingerprint density at radius 1 is 1.21 bits per heavy atom. The third kappa shape index (κ3) is 4.20. The molecule has 5 rings (SSSR count). The SMILES string of the molecule is C[C@]12O[C@](C)(C[C@H]1NC(=O)OCCN1CCOCC1)[C@H]1C(=O)N(c3ccc(C#N)c(C(F)(F)F)c3)C(=O)[C@H]12. The van der Waals surface area contributed by atoms with Crippen LogP contribution in [0.25, 0.3) is 0 Å². The molecule has 204 valence electrons. The van der Waals surface area contributed by atoms with E-state index in [1.54, 1.807) is 13.8 Å². The highest BCUT2D eigenvalue weighted by Crippen LogP contribution is 2.61. The Kier molecular flexibility index (Phi) is 6.40. The summed E-state index contributed by atoms with van der Waals surface area (Å²) in [6, 6.07) is 3.57. The molecule has 4 saturated heterocycles. The molecule has 1 aromatic carbocycles. The van der Waals surface area contributed by atoms with Gasteiger partial charge in [-0.1, -0.05) is 0 Å². The number of hydrogen-bond acceptors (Lipinski definition) is 8. The van der Waals surface area contributed by atoms with Crippen molar-refractivity contribution in [3.63, 3.8) is 0 Å². The van der Waals surface area contributed by atoms with E-state index in [-0.39, 0.29) is 18.7 Å². The number of nitrogens with one attached hydrogen (secondary N) is 1. The molecule has 0 aromatic heterocycles. The zero-order chi connectivity index (χ0) is 27.5. The summed E-state index contributed by atoms with van der Waals surface area (Å²) in [7, 11) is 0. The number of hydrogen-bond donors (Lipinski definition) is 1. The lowest BCUT2D eigenvalue weighted by atomic mass is 9.66. The summed E-state index contributed by atoms with van der Waals surface area (Å²) in [5.74, 6) is -3.33. The van der Waals surface area contributed by atoms with E-state index in [4.69, 9.17) is 19.5 Å². The van der Waals surface area contributed by atoms with Gasteiger partial charge in [0.1, 0.15) is 6.61 Å². The van der Waals surface area contributed by atoms with Gasteiger partial charge >= 0.3 is 12.3 Å². The summed E-state index contributed by atoms with van der Waals surface area (Å²) < 4.78 is 57.4. The minimum absolute atomic E-state index is 0.158. The van der Waals surface area contributed by atoms with Crippen LogP contribution < -0.4 is 10.2 Å². The van der Waals surface area contributed by atoms with Crippen molar-refractivity contribution in [2.45, 2.75) is 43.7 Å². The average Bonchev–Trinajstić information content (AvgIpc) is 3.38. The molecule has 0 unspecified atom stereocenters. The molecule has 5 atom stereocenters. The fraction of sp³-hybridized carbons (Fsp3) is 0.600. The van der Waals surface area contributed by atoms with Crippen molar-refractivity contribution in [1.82, 2.24) is 10.2 Å². The van der Waals surface area contributed by atoms with Crippen molar-refractivity contribution >= 4 is 23.6 Å². The van der Waals surface area contributed by atoms with Crippen molar-refractivity contribution in [2.75, 3.05) is 44.4 Å². The van der Waals surface area contributed by atoms with E-state index in [0.717, 1.165) is 30.1 Å². The Labute approximate surface area is 216 Å². The molecule has 4 aliphatic rings. The molecule has 38 heavy (non-hydrogen) atoms. The number of rotatable bonds is 5. The molecule has 4 aliphatic heterocycles. The fourth-order valence-corrected chi connectivity index (χ4v) is 6.28. The Morgan fingerprint density at radius 3 is 2.55 bits per heavy atom. The summed E-state index contributed by atoms with van der Waals surface area (Å²) in [4.78, 5) is 42.4. The molecule has 0 radical (unpaired) electrons. The second-order valence-electron chi connectivity index (χ2n) is 10.4. The maximum atomic E-state index is 13.5. The minimum Gasteiger partial charge on any atom is -0.448 e. The molecule has 1 aromatic rings. The number of morpholine rings is 1. The molecule has 1 N–H and O–H groups in total. The van der Waals surface area contributed by atoms with Crippen LogP contribution in [-0.2, 0) is 30.0 Å². The van der Waals surface area contributed by atoms with Gasteiger partial charge in [0.2, 0.25) is 11.8 Å². The second-order valence-corrected chi connectivity index (χ2v) is 10.4. The van der Waals surface area contributed by atoms with Gasteiger partial charge in [0, 0.05) is 26.1 Å². The summed E-state index contributed by atoms with van der Waals surface area (Å²) in [6.07, 6.45) is -5.31. The van der Waals surface area contributed by atoms with Gasteiger partial charge in [-0.25, -0.2) is 9.69 Å². The summed E-state index contributed by atoms with van der Waals surface area (Å²) in [5, 5.41) is 11.8. The monoisotopic (exact) mass is 536 g/mol. The van der Waals surface area contributed by atoms with Gasteiger partial charge in [0.05, 0.1) is 65.2 Å². The number of amides is 3. The van der Waals surface area contributed by atoms with E-state index >= 15 is 0 Å². The van der Waals surface area contributed by atoms with Crippen molar-refractivity contribution < 1.29 is 41.8 Å². The largest absolute Gasteiger partial charge is 0.448 e. The Morgan fingerprint density at radius 2 is 1.89 bits per heavy atom. The van der Waals surface area contributed by atoms with Gasteiger partial charge in [0.25, 0.3) is 0 Å². The molecule has 3 amide bonds. The van der Waals surface area contributed by atoms with Crippen LogP contribution in [0.3, 0.4) is 0 Å². The molecule has 4 heterocycles. The lowest BCUT2D eigenvalue weighted by Crippen LogP contribution is -2.56. The Bertz CT molecular complexity index is 1210. The number of alkyl carbamates (subject to hydrolysis) is 1. The van der Waals surface area contributed by atoms with E-state index in [2.05, 4.69) is 10.2 Å². The first kappa shape index (κ1) is 26.4. The van der Waals surface area contributed by atoms with E-state index in [1.165, 1.54) is 6.07 Å². The number of imide groups is 1. The van der Waals surface area contributed by atoms with Gasteiger partial charge in [-0.05, 0) is 32.0 Å². The molecule has 13 heteroatoms. The molecule has 4 fully saturated rings. The van der Waals surface area contributed by atoms with Crippen molar-refractivity contribution in [3.05, 3.63) is 29.3 Å². The lowest BCUT2D eigenvalue weighted by molar-refractivity contribution is -0.138. The standard InChI is InChI=1S/C25H27F3N4O6/c1-23-12-17(30-22(35)37-10-7-31-5-8-36-9-6-31)24(2,38-23)19-18(23)20(33)32(21(19)34)15-4-3-14(13-29)16(11-15)25(26,27)28/h3-4,11,17-19H,5-10,12H2,1-2H3,(H,30,35)/t17-,18-,19+,23-,24+/m1/s1. The normalized spacial score (nSPS) is 32.8. The Hall–Kier alpha value is -3.21. The topological polar surface area (TPSA) is 121 Å². The smallest absolute Gasteiger partial charge is 0.417 e. The highest BCUT2D eigenvalue weighted by atomic mass is 19.4. The van der Waals surface area contributed by atoms with Gasteiger partial charge in [0.15, 0.2) is 0 Å². The summed E-state index contributed by atoms with van der Waals surface area (Å²) in [5.41, 5.74) is -4.50. The molecule has 2 bridgehead atoms. The first-order valence-electron chi connectivity index (χ1n) is 12.3. The maximum Gasteiger partial charge on any atom is 0.417 e. The summed E-state index contributed by atoms with van der Waals surface area (Å²) >= 11 is 0. The third-order valence-electron chi connectivity index (χ3n) is 8.06. The second kappa shape index (κ2) is 9.21. The van der Waals surface area contributed by atoms with Gasteiger partial charge in [-0.3, -0.25) is 14.5 Å². The number of anilines is 1. The van der Waals surface area contributed by atoms with Crippen LogP contribution in [0.15, 0.2) is 18.2 Å². The van der Waals surface area contributed by atoms with E-state index in [0.29, 0.717) is 25.8 Å². The number of ether oxygens (including phenoxy) is 3. The number of benzene rings is 1. The number of carbonyl (C=O) groups excluding carboxylic acids is 3. The highest BCUT2D eigenvalue weighted by molar-refractivity contribution is 6.23. The number of carbonyl (C=O) groups is 3. The number of alkyl halides is 3. The minimum atomic E-state index is -4.85. The van der Waals surface area contributed by atoms with E-state index in [1.807, 2.05) is 0 Å². The fourth-order valence-electron chi connectivity index (χ4n) is 6.28. The van der Waals surface area contributed by atoms with Crippen LogP contribution in [-0.4, -0.2) is 79.5 Å². The zero-order valence-electron chi connectivity index (χ0n) is 20.8. The molecular weight excluding hydrogens is 509 g/mol. The number of halogens is 3. The molecular formula is C25H27F3N4O6. The number of nitrogens with zero attached hydrogens (tertiary/aromatic N) is 3. The van der Waals surface area contributed by atoms with Crippen LogP contribution in [0.1, 0.15) is 31.4 Å². The number of nitriles is 1. The van der Waals surface area contributed by atoms with Crippen LogP contribution in [0.5, 0.6) is 0 Å². The highest BCUT2D eigenvalue weighted by Gasteiger charge is 2.76. The Balaban J connectivity index is 1.32. The van der Waals surface area contributed by atoms with Crippen molar-refractivity contribution in [1.29, 1.82) is 5.26 Å². The molecule has 10 nitrogen and oxygen atoms in total. The molecule has 0 saturated carbocycles. The predicted molar refractivity (Wildman–Crippen MR) is 124 cm³/mol. The lowest BCUT2D eigenvalue weighted by Gasteiger charge is -2.35. The van der Waals surface area contributed by atoms with Gasteiger partial charge < -0.3 is 19.5 Å². The van der Waals surface area contributed by atoms with Crippen molar-refractivity contribution in [2.24, 2.45) is 11.8 Å². The van der Waals surface area contributed by atoms with Gasteiger partial charge in [-0.15, -0.1) is 0 Å². The quantitative estimate of drug-likeness (QED) is 0.568. The van der Waals surface area contributed by atoms with Crippen LogP contribution in [0, 0.1) is 23.2 Å². The third-order valence-corrected chi connectivity index (χ3v) is 8.06. The maximum absolute atomic E-state index is 13.5. The average molecular weight is 537 g/mol. The van der Waals surface area contributed by atoms with E-state index < -0.39 is 64.3 Å². The van der Waals surface area contributed by atoms with Gasteiger partial charge in [-0.2, -0.15) is 18.4 Å². The summed E-state index contributed by atoms with van der Waals surface area (Å²) in [6.45, 7) is 6.72. The zero-order valence-corrected chi connectivity index (χ0v) is 20.8. The first-order valence-corrected chi connectivity index (χ1v) is 12.3.